The fourth-order valence-electron chi connectivity index (χ4n) is 2.22. The van der Waals surface area contributed by atoms with E-state index in [0.717, 1.165) is 19.4 Å². The van der Waals surface area contributed by atoms with E-state index in [1.807, 2.05) is 18.7 Å². The summed E-state index contributed by atoms with van der Waals surface area (Å²) in [4.78, 5) is 24.9. The van der Waals surface area contributed by atoms with Crippen LogP contribution in [0.15, 0.2) is 0 Å². The summed E-state index contributed by atoms with van der Waals surface area (Å²) in [5.41, 5.74) is 5.90. The minimum absolute atomic E-state index is 0.0164. The summed E-state index contributed by atoms with van der Waals surface area (Å²) in [6.07, 6.45) is 2.04. The third-order valence-corrected chi connectivity index (χ3v) is 3.47. The monoisotopic (exact) mass is 255 g/mol. The third kappa shape index (κ3) is 4.29. The van der Waals surface area contributed by atoms with Crippen molar-refractivity contribution in [3.8, 4) is 0 Å². The van der Waals surface area contributed by atoms with Gasteiger partial charge < -0.3 is 16.0 Å². The summed E-state index contributed by atoms with van der Waals surface area (Å²) in [6.45, 7) is 7.58. The lowest BCUT2D eigenvalue weighted by molar-refractivity contribution is -0.135. The maximum Gasteiger partial charge on any atom is 0.239 e. The number of carbonyl (C=O) groups is 2. The van der Waals surface area contributed by atoms with Crippen molar-refractivity contribution >= 4 is 11.8 Å². The highest BCUT2D eigenvalue weighted by molar-refractivity contribution is 5.82. The van der Waals surface area contributed by atoms with Gasteiger partial charge in [0.25, 0.3) is 0 Å². The molecular formula is C13H25N3O2. The van der Waals surface area contributed by atoms with E-state index in [4.69, 9.17) is 5.73 Å². The standard InChI is InChI=1S/C13H25N3O2/c1-9(2)12(14)13(18)16-6-4-5-11(8-16)7-15-10(3)17/h9,11-12H,4-8,14H2,1-3H3,(H,15,17)/t11-,12-/m0/s1. The molecule has 1 heterocycles. The number of amides is 2. The highest BCUT2D eigenvalue weighted by Gasteiger charge is 2.28. The Bertz CT molecular complexity index is 305. The Hall–Kier alpha value is -1.10. The van der Waals surface area contributed by atoms with Crippen molar-refractivity contribution in [1.29, 1.82) is 0 Å². The van der Waals surface area contributed by atoms with Crippen LogP contribution >= 0.6 is 0 Å². The fourth-order valence-corrected chi connectivity index (χ4v) is 2.22. The molecule has 0 spiro atoms. The van der Waals surface area contributed by atoms with Crippen LogP contribution in [0.3, 0.4) is 0 Å². The molecule has 2 atom stereocenters. The zero-order chi connectivity index (χ0) is 13.7. The molecule has 0 saturated carbocycles. The van der Waals surface area contributed by atoms with E-state index in [2.05, 4.69) is 5.32 Å². The van der Waals surface area contributed by atoms with Gasteiger partial charge in [-0.05, 0) is 24.7 Å². The van der Waals surface area contributed by atoms with E-state index in [9.17, 15) is 9.59 Å². The fraction of sp³-hybridized carbons (Fsp3) is 0.846. The molecule has 104 valence electrons. The zero-order valence-corrected chi connectivity index (χ0v) is 11.6. The van der Waals surface area contributed by atoms with Gasteiger partial charge in [0.05, 0.1) is 6.04 Å². The van der Waals surface area contributed by atoms with Gasteiger partial charge in [0.2, 0.25) is 11.8 Å². The predicted octanol–water partition coefficient (Wildman–Crippen LogP) is 0.344. The van der Waals surface area contributed by atoms with E-state index in [1.165, 1.54) is 6.92 Å². The van der Waals surface area contributed by atoms with Gasteiger partial charge in [-0.3, -0.25) is 9.59 Å². The quantitative estimate of drug-likeness (QED) is 0.761. The number of hydrogen-bond donors (Lipinski definition) is 2. The van der Waals surface area contributed by atoms with Crippen molar-refractivity contribution in [3.05, 3.63) is 0 Å². The number of nitrogens with one attached hydrogen (secondary N) is 1. The molecule has 5 heteroatoms. The van der Waals surface area contributed by atoms with Gasteiger partial charge in [-0.25, -0.2) is 0 Å². The van der Waals surface area contributed by atoms with Gasteiger partial charge in [0, 0.05) is 26.6 Å². The Morgan fingerprint density at radius 1 is 1.44 bits per heavy atom. The molecule has 1 saturated heterocycles. The molecule has 3 N–H and O–H groups in total. The molecule has 18 heavy (non-hydrogen) atoms. The topological polar surface area (TPSA) is 75.4 Å². The van der Waals surface area contributed by atoms with Crippen LogP contribution in [0.5, 0.6) is 0 Å². The molecule has 1 rings (SSSR count). The minimum atomic E-state index is -0.412. The Morgan fingerprint density at radius 3 is 2.67 bits per heavy atom. The van der Waals surface area contributed by atoms with Crippen LogP contribution in [-0.2, 0) is 9.59 Å². The van der Waals surface area contributed by atoms with Crippen LogP contribution < -0.4 is 11.1 Å². The lowest BCUT2D eigenvalue weighted by Gasteiger charge is -2.35. The first-order valence-electron chi connectivity index (χ1n) is 6.70. The van der Waals surface area contributed by atoms with E-state index in [-0.39, 0.29) is 17.7 Å². The van der Waals surface area contributed by atoms with Crippen LogP contribution in [0.2, 0.25) is 0 Å². The Balaban J connectivity index is 2.47. The van der Waals surface area contributed by atoms with Crippen molar-refractivity contribution in [2.45, 2.75) is 39.7 Å². The van der Waals surface area contributed by atoms with Crippen LogP contribution in [0.4, 0.5) is 0 Å². The number of carbonyl (C=O) groups excluding carboxylic acids is 2. The molecule has 0 aromatic heterocycles. The molecule has 1 aliphatic heterocycles. The first kappa shape index (κ1) is 15.0. The number of likely N-dealkylation sites (tertiary alicyclic amines) is 1. The van der Waals surface area contributed by atoms with E-state index < -0.39 is 6.04 Å². The van der Waals surface area contributed by atoms with Gasteiger partial charge in [0.15, 0.2) is 0 Å². The Morgan fingerprint density at radius 2 is 2.11 bits per heavy atom. The largest absolute Gasteiger partial charge is 0.356 e. The third-order valence-electron chi connectivity index (χ3n) is 3.47. The first-order valence-corrected chi connectivity index (χ1v) is 6.70. The highest BCUT2D eigenvalue weighted by Crippen LogP contribution is 2.17. The molecule has 0 unspecified atom stereocenters. The Labute approximate surface area is 109 Å². The number of nitrogens with zero attached hydrogens (tertiary/aromatic N) is 1. The second-order valence-electron chi connectivity index (χ2n) is 5.50. The summed E-state index contributed by atoms with van der Waals surface area (Å²) in [7, 11) is 0. The highest BCUT2D eigenvalue weighted by atomic mass is 16.2. The van der Waals surface area contributed by atoms with Crippen LogP contribution in [0, 0.1) is 11.8 Å². The second-order valence-corrected chi connectivity index (χ2v) is 5.50. The van der Waals surface area contributed by atoms with Gasteiger partial charge in [-0.15, -0.1) is 0 Å². The SMILES string of the molecule is CC(=O)NC[C@@H]1CCCN(C(=O)[C@@H](N)C(C)C)C1. The van der Waals surface area contributed by atoms with E-state index in [0.29, 0.717) is 19.0 Å². The van der Waals surface area contributed by atoms with Crippen molar-refractivity contribution < 1.29 is 9.59 Å². The molecule has 5 nitrogen and oxygen atoms in total. The summed E-state index contributed by atoms with van der Waals surface area (Å²) in [5.74, 6) is 0.536. The minimum Gasteiger partial charge on any atom is -0.356 e. The first-order chi connectivity index (χ1) is 8.41. The number of rotatable bonds is 4. The number of hydrogen-bond acceptors (Lipinski definition) is 3. The lowest BCUT2D eigenvalue weighted by Crippen LogP contribution is -2.51. The summed E-state index contributed by atoms with van der Waals surface area (Å²) < 4.78 is 0. The molecular weight excluding hydrogens is 230 g/mol. The van der Waals surface area contributed by atoms with Gasteiger partial charge in [-0.1, -0.05) is 13.8 Å². The molecule has 0 bridgehead atoms. The normalized spacial score (nSPS) is 21.8. The molecule has 0 radical (unpaired) electrons. The lowest BCUT2D eigenvalue weighted by atomic mass is 9.96. The van der Waals surface area contributed by atoms with Gasteiger partial charge in [-0.2, -0.15) is 0 Å². The summed E-state index contributed by atoms with van der Waals surface area (Å²) in [5, 5.41) is 2.82. The second kappa shape index (κ2) is 6.73. The zero-order valence-electron chi connectivity index (χ0n) is 11.6. The molecule has 1 fully saturated rings. The predicted molar refractivity (Wildman–Crippen MR) is 70.8 cm³/mol. The molecule has 1 aliphatic rings. The van der Waals surface area contributed by atoms with Crippen LogP contribution in [-0.4, -0.2) is 42.4 Å². The van der Waals surface area contributed by atoms with Crippen LogP contribution in [0.25, 0.3) is 0 Å². The molecule has 0 aliphatic carbocycles. The number of nitrogens with two attached hydrogens (primary N) is 1. The van der Waals surface area contributed by atoms with E-state index >= 15 is 0 Å². The maximum absolute atomic E-state index is 12.1. The van der Waals surface area contributed by atoms with Crippen molar-refractivity contribution in [2.75, 3.05) is 19.6 Å². The Kier molecular flexibility index (Phi) is 5.59. The summed E-state index contributed by atoms with van der Waals surface area (Å²) >= 11 is 0. The van der Waals surface area contributed by atoms with Gasteiger partial charge >= 0.3 is 0 Å². The molecule has 2 amide bonds. The average Bonchev–Trinajstić information content (AvgIpc) is 2.34. The van der Waals surface area contributed by atoms with Crippen molar-refractivity contribution in [1.82, 2.24) is 10.2 Å². The van der Waals surface area contributed by atoms with Crippen molar-refractivity contribution in [3.63, 3.8) is 0 Å². The molecule has 0 aromatic carbocycles. The smallest absolute Gasteiger partial charge is 0.239 e. The number of piperidine rings is 1. The van der Waals surface area contributed by atoms with Crippen LogP contribution in [0.1, 0.15) is 33.6 Å². The van der Waals surface area contributed by atoms with Gasteiger partial charge in [0.1, 0.15) is 0 Å². The average molecular weight is 255 g/mol. The van der Waals surface area contributed by atoms with E-state index in [1.54, 1.807) is 0 Å². The maximum atomic E-state index is 12.1. The summed E-state index contributed by atoms with van der Waals surface area (Å²) in [6, 6.07) is -0.412. The van der Waals surface area contributed by atoms with Crippen molar-refractivity contribution in [2.24, 2.45) is 17.6 Å². The molecule has 0 aromatic rings.